The molecular weight excluding hydrogens is 1190 g/mol. The molecule has 0 aromatic carbocycles. The molecule has 0 aromatic rings. The second-order valence-corrected chi connectivity index (χ2v) is 29.8. The molecule has 0 spiro atoms. The zero-order valence-electron chi connectivity index (χ0n) is 65.1. The number of esters is 2. The molecule has 0 aliphatic carbocycles. The highest BCUT2D eigenvalue weighted by Gasteiger charge is 2.23. The van der Waals surface area contributed by atoms with E-state index in [9.17, 15) is 19.2 Å². The second kappa shape index (κ2) is 73.2. The predicted octanol–water partition coefficient (Wildman–Crippen LogP) is 27.2. The molecule has 10 heteroatoms. The van der Waals surface area contributed by atoms with E-state index in [-0.39, 0.29) is 29.9 Å². The van der Waals surface area contributed by atoms with Gasteiger partial charge in [-0.3, -0.25) is 19.2 Å². The van der Waals surface area contributed by atoms with E-state index in [2.05, 4.69) is 65.3 Å². The van der Waals surface area contributed by atoms with Crippen molar-refractivity contribution in [3.05, 3.63) is 25.7 Å². The van der Waals surface area contributed by atoms with Crippen LogP contribution in [0.5, 0.6) is 0 Å². The van der Waals surface area contributed by atoms with Crippen LogP contribution in [-0.4, -0.2) is 42.5 Å². The molecule has 566 valence electrons. The van der Waals surface area contributed by atoms with Gasteiger partial charge in [0.2, 0.25) is 24.4 Å². The highest BCUT2D eigenvalue weighted by Crippen LogP contribution is 2.36. The average molecular weight is 1350 g/mol. The molecule has 0 heterocycles. The van der Waals surface area contributed by atoms with Crippen LogP contribution in [0, 0.1) is 23.7 Å². The van der Waals surface area contributed by atoms with Crippen LogP contribution >= 0.6 is 0 Å². The van der Waals surface area contributed by atoms with Crippen LogP contribution in [-0.2, 0) is 38.1 Å². The van der Waals surface area contributed by atoms with Crippen LogP contribution in [0.4, 0.5) is 0 Å². The third-order valence-electron chi connectivity index (χ3n) is 20.7. The summed E-state index contributed by atoms with van der Waals surface area (Å²) in [7, 11) is 0. The lowest BCUT2D eigenvalue weighted by Gasteiger charge is -2.28. The van der Waals surface area contributed by atoms with E-state index in [1.807, 2.05) is 6.92 Å². The summed E-state index contributed by atoms with van der Waals surface area (Å²) < 4.78 is 21.8. The van der Waals surface area contributed by atoms with Crippen molar-refractivity contribution < 1.29 is 38.1 Å². The van der Waals surface area contributed by atoms with Crippen molar-refractivity contribution in [2.75, 3.05) is 0 Å². The number of carbonyl (C=O) groups excluding carboxylic acids is 4. The first-order valence-corrected chi connectivity index (χ1v) is 42.5. The molecule has 6 unspecified atom stereocenters. The Morgan fingerprint density at radius 2 is 0.469 bits per heavy atom. The van der Waals surface area contributed by atoms with Crippen LogP contribution in [0.2, 0.25) is 0 Å². The van der Waals surface area contributed by atoms with Crippen molar-refractivity contribution in [3.8, 4) is 0 Å². The van der Waals surface area contributed by atoms with Crippen LogP contribution in [0.25, 0.3) is 0 Å². The zero-order valence-corrected chi connectivity index (χ0v) is 65.1. The fraction of sp³-hybridized carbons (Fsp3) is 0.907. The quantitative estimate of drug-likeness (QED) is 0.0267. The molecule has 10 nitrogen and oxygen atoms in total. The molecule has 0 radical (unpaired) electrons. The highest BCUT2D eigenvalue weighted by atomic mass is 16.7. The van der Waals surface area contributed by atoms with E-state index in [1.54, 1.807) is 0 Å². The maximum Gasteiger partial charge on any atom is 0.308 e. The van der Waals surface area contributed by atoms with Gasteiger partial charge in [0.25, 0.3) is 0 Å². The van der Waals surface area contributed by atoms with Gasteiger partial charge in [0.05, 0.1) is 18.7 Å². The molecule has 0 bridgehead atoms. The number of hydrogen-bond acceptors (Lipinski definition) is 8. The maximum absolute atomic E-state index is 13.0. The fourth-order valence-electron chi connectivity index (χ4n) is 14.8. The average Bonchev–Trinajstić information content (AvgIpc) is 2.80. The first kappa shape index (κ1) is 93.0. The summed E-state index contributed by atoms with van der Waals surface area (Å²) in [5.74, 6) is 3.15. The summed E-state index contributed by atoms with van der Waals surface area (Å²) in [6.07, 6.45) is 78.7. The Balaban J connectivity index is 4.96. The molecule has 96 heavy (non-hydrogen) atoms. The van der Waals surface area contributed by atoms with Gasteiger partial charge in [-0.15, -0.1) is 0 Å². The molecule has 0 saturated heterocycles. The van der Waals surface area contributed by atoms with Gasteiger partial charge in [-0.2, -0.15) is 0 Å². The van der Waals surface area contributed by atoms with Crippen molar-refractivity contribution in [2.45, 2.75) is 478 Å². The molecular formula is C86H164N2O8. The van der Waals surface area contributed by atoms with E-state index in [0.717, 1.165) is 87.9 Å². The Morgan fingerprint density at radius 3 is 0.677 bits per heavy atom. The number of amides is 2. The van der Waals surface area contributed by atoms with Gasteiger partial charge in [0, 0.05) is 38.5 Å². The molecule has 0 aliphatic rings. The number of ether oxygens (including phenoxy) is 4. The van der Waals surface area contributed by atoms with Crippen molar-refractivity contribution in [3.63, 3.8) is 0 Å². The second-order valence-electron chi connectivity index (χ2n) is 29.8. The van der Waals surface area contributed by atoms with Gasteiger partial charge >= 0.3 is 11.9 Å². The highest BCUT2D eigenvalue weighted by molar-refractivity contribution is 5.79. The molecule has 6 atom stereocenters. The summed E-state index contributed by atoms with van der Waals surface area (Å²) in [4.78, 5) is 50.7. The van der Waals surface area contributed by atoms with Crippen LogP contribution in [0.3, 0.4) is 0 Å². The Labute approximate surface area is 597 Å². The summed E-state index contributed by atoms with van der Waals surface area (Å²) in [6.45, 7) is 22.5. The van der Waals surface area contributed by atoms with Crippen LogP contribution < -0.4 is 10.6 Å². The normalized spacial score (nSPS) is 13.7. The van der Waals surface area contributed by atoms with Gasteiger partial charge in [-0.25, -0.2) is 0 Å². The fourth-order valence-corrected chi connectivity index (χ4v) is 14.8. The van der Waals surface area contributed by atoms with E-state index < -0.39 is 12.6 Å². The molecule has 0 aromatic heterocycles. The minimum atomic E-state index is -0.506. The number of hydrogen-bond donors (Lipinski definition) is 2. The van der Waals surface area contributed by atoms with E-state index >= 15 is 0 Å². The minimum Gasteiger partial charge on any atom is -0.463 e. The van der Waals surface area contributed by atoms with Crippen molar-refractivity contribution >= 4 is 23.8 Å². The van der Waals surface area contributed by atoms with Crippen molar-refractivity contribution in [2.24, 2.45) is 23.7 Å². The lowest BCUT2D eigenvalue weighted by atomic mass is 9.78. The first-order chi connectivity index (χ1) is 47.0. The zero-order chi connectivity index (χ0) is 70.3. The van der Waals surface area contributed by atoms with E-state index in [4.69, 9.17) is 18.9 Å². The van der Waals surface area contributed by atoms with Gasteiger partial charge in [-0.1, -0.05) is 389 Å². The third kappa shape index (κ3) is 62.0. The SMILES string of the molecule is C=COC(CCC)OC(=O)CCCCCCCCC(CCCCCCCC)C(CCCCCCCC)CCCCCCCCC(=O)NC(C)NC(=O)CCCCCCCCC(CCCCCCCC)C(CCCCCCCC)CCCCCCCCC(=O)OC(CCC)OC=C. The van der Waals surface area contributed by atoms with E-state index in [0.29, 0.717) is 38.5 Å². The molecule has 0 saturated carbocycles. The van der Waals surface area contributed by atoms with Crippen LogP contribution in [0.15, 0.2) is 25.7 Å². The lowest BCUT2D eigenvalue weighted by Crippen LogP contribution is -2.45. The Kier molecular flexibility index (Phi) is 70.9. The molecule has 0 aliphatic heterocycles. The lowest BCUT2D eigenvalue weighted by molar-refractivity contribution is -0.171. The third-order valence-corrected chi connectivity index (χ3v) is 20.7. The minimum absolute atomic E-state index is 0.0462. The van der Waals surface area contributed by atoms with Gasteiger partial charge < -0.3 is 29.6 Å². The summed E-state index contributed by atoms with van der Waals surface area (Å²) in [5.41, 5.74) is 0. The van der Waals surface area contributed by atoms with E-state index in [1.165, 1.54) is 321 Å². The van der Waals surface area contributed by atoms with Crippen molar-refractivity contribution in [1.82, 2.24) is 10.6 Å². The number of unbranched alkanes of at least 4 members (excludes halogenated alkanes) is 40. The molecule has 0 rings (SSSR count). The number of nitrogens with one attached hydrogen (secondary N) is 2. The van der Waals surface area contributed by atoms with Gasteiger partial charge in [0.1, 0.15) is 0 Å². The predicted molar refractivity (Wildman–Crippen MR) is 412 cm³/mol. The van der Waals surface area contributed by atoms with Gasteiger partial charge in [0.15, 0.2) is 0 Å². The first-order valence-electron chi connectivity index (χ1n) is 42.5. The summed E-state index contributed by atoms with van der Waals surface area (Å²) in [5, 5.41) is 6.12. The standard InChI is InChI=1S/C86H164N2O8/c1-10-18-22-26-38-50-64-77(79(66-52-40-28-24-20-12-3)70-56-44-32-36-48-60-74-83(91)95-85(62-14-5)93-16-7)68-54-42-30-34-46-58-72-81(89)87-76(9)88-82(90)73-59-47-35-31-43-55-69-78(65-51-39-27-23-19-11-2)80(67-53-41-29-25-21-13-4)71-57-45-33-37-49-61-75-84(92)96-86(63-15-6)94-17-8/h16-17,76-80,85-86H,7-8,10-15,18-75H2,1-6,9H3,(H,87,89)(H,88,90). The monoisotopic (exact) mass is 1350 g/mol. The Bertz CT molecular complexity index is 1590. The van der Waals surface area contributed by atoms with Gasteiger partial charge in [-0.05, 0) is 69.1 Å². The van der Waals surface area contributed by atoms with Crippen molar-refractivity contribution in [1.29, 1.82) is 0 Å². The Hall–Kier alpha value is -3.04. The molecule has 0 fully saturated rings. The topological polar surface area (TPSA) is 129 Å². The summed E-state index contributed by atoms with van der Waals surface area (Å²) >= 11 is 0. The molecule has 2 N–H and O–H groups in total. The Morgan fingerprint density at radius 1 is 0.271 bits per heavy atom. The smallest absolute Gasteiger partial charge is 0.308 e. The summed E-state index contributed by atoms with van der Waals surface area (Å²) in [6, 6.07) is 0. The van der Waals surface area contributed by atoms with Crippen LogP contribution in [0.1, 0.15) is 459 Å². The number of carbonyl (C=O) groups is 4. The number of rotatable bonds is 78. The largest absolute Gasteiger partial charge is 0.463 e. The maximum atomic E-state index is 13.0. The molecule has 2 amide bonds.